The molecule has 1 aromatic carbocycles. The molecule has 0 atom stereocenters. The summed E-state index contributed by atoms with van der Waals surface area (Å²) in [7, 11) is -2.57. The summed E-state index contributed by atoms with van der Waals surface area (Å²) in [5, 5.41) is 0. The summed E-state index contributed by atoms with van der Waals surface area (Å²) in [6, 6.07) is 4.11. The minimum atomic E-state index is -3.78. The maximum absolute atomic E-state index is 12.3. The van der Waals surface area contributed by atoms with E-state index in [-0.39, 0.29) is 16.1 Å². The summed E-state index contributed by atoms with van der Waals surface area (Å²) < 4.78 is 31.8. The molecule has 0 heterocycles. The van der Waals surface area contributed by atoms with Crippen LogP contribution in [-0.2, 0) is 14.8 Å². The summed E-state index contributed by atoms with van der Waals surface area (Å²) in [5.74, 6) is -0.0945. The Hall–Kier alpha value is -1.60. The SMILES string of the molecule is COC(=O)c1ccc(N)cc1S(=O)(=O)NCCC1CCC1. The predicted molar refractivity (Wildman–Crippen MR) is 79.3 cm³/mol. The van der Waals surface area contributed by atoms with Crippen LogP contribution in [0.4, 0.5) is 5.69 Å². The largest absolute Gasteiger partial charge is 0.465 e. The Labute approximate surface area is 124 Å². The van der Waals surface area contributed by atoms with Crippen LogP contribution in [0.2, 0.25) is 0 Å². The molecule has 0 bridgehead atoms. The highest BCUT2D eigenvalue weighted by Crippen LogP contribution is 2.29. The average molecular weight is 312 g/mol. The molecule has 116 valence electrons. The first-order valence-corrected chi connectivity index (χ1v) is 8.40. The molecule has 1 aliphatic rings. The first-order valence-electron chi connectivity index (χ1n) is 6.91. The number of rotatable bonds is 6. The van der Waals surface area contributed by atoms with Gasteiger partial charge in [0.15, 0.2) is 0 Å². The van der Waals surface area contributed by atoms with Gasteiger partial charge in [-0.25, -0.2) is 17.9 Å². The number of hydrogen-bond acceptors (Lipinski definition) is 5. The van der Waals surface area contributed by atoms with Gasteiger partial charge < -0.3 is 10.5 Å². The lowest BCUT2D eigenvalue weighted by Gasteiger charge is -2.25. The Morgan fingerprint density at radius 1 is 1.43 bits per heavy atom. The van der Waals surface area contributed by atoms with Crippen molar-refractivity contribution >= 4 is 21.7 Å². The lowest BCUT2D eigenvalue weighted by atomic mass is 9.83. The van der Waals surface area contributed by atoms with E-state index in [0.717, 1.165) is 19.3 Å². The van der Waals surface area contributed by atoms with E-state index in [1.54, 1.807) is 0 Å². The van der Waals surface area contributed by atoms with Crippen LogP contribution in [0.5, 0.6) is 0 Å². The number of benzene rings is 1. The second kappa shape index (κ2) is 6.44. The van der Waals surface area contributed by atoms with Gasteiger partial charge in [-0.15, -0.1) is 0 Å². The smallest absolute Gasteiger partial charge is 0.339 e. The predicted octanol–water partition coefficient (Wildman–Crippen LogP) is 1.52. The molecule has 0 aromatic heterocycles. The van der Waals surface area contributed by atoms with Gasteiger partial charge in [0.2, 0.25) is 10.0 Å². The number of ether oxygens (including phenoxy) is 1. The monoisotopic (exact) mass is 312 g/mol. The zero-order valence-corrected chi connectivity index (χ0v) is 12.8. The Bertz CT molecular complexity index is 624. The zero-order chi connectivity index (χ0) is 15.5. The molecular weight excluding hydrogens is 292 g/mol. The van der Waals surface area contributed by atoms with Gasteiger partial charge in [-0.05, 0) is 30.5 Å². The molecular formula is C14H20N2O4S. The van der Waals surface area contributed by atoms with E-state index >= 15 is 0 Å². The Balaban J connectivity index is 2.17. The molecule has 0 radical (unpaired) electrons. The Kier molecular flexibility index (Phi) is 4.84. The summed E-state index contributed by atoms with van der Waals surface area (Å²) in [5.41, 5.74) is 5.90. The lowest BCUT2D eigenvalue weighted by Crippen LogP contribution is -2.29. The maximum atomic E-state index is 12.3. The molecule has 1 aliphatic carbocycles. The summed E-state index contributed by atoms with van der Waals surface area (Å²) >= 11 is 0. The van der Waals surface area contributed by atoms with Crippen molar-refractivity contribution in [3.8, 4) is 0 Å². The average Bonchev–Trinajstić information content (AvgIpc) is 2.40. The summed E-state index contributed by atoms with van der Waals surface area (Å²) in [6.45, 7) is 0.364. The first-order chi connectivity index (χ1) is 9.94. The van der Waals surface area contributed by atoms with Crippen LogP contribution in [0.25, 0.3) is 0 Å². The Morgan fingerprint density at radius 2 is 2.14 bits per heavy atom. The fraction of sp³-hybridized carbons (Fsp3) is 0.500. The number of nitrogen functional groups attached to an aromatic ring is 1. The molecule has 0 saturated heterocycles. The minimum absolute atomic E-state index is 0.0113. The van der Waals surface area contributed by atoms with Crippen LogP contribution in [-0.4, -0.2) is 28.0 Å². The number of methoxy groups -OCH3 is 1. The van der Waals surface area contributed by atoms with Gasteiger partial charge in [0.1, 0.15) is 0 Å². The van der Waals surface area contributed by atoms with Gasteiger partial charge in [0, 0.05) is 12.2 Å². The van der Waals surface area contributed by atoms with Crippen molar-refractivity contribution in [3.63, 3.8) is 0 Å². The molecule has 3 N–H and O–H groups in total. The van der Waals surface area contributed by atoms with Gasteiger partial charge in [0.05, 0.1) is 17.6 Å². The molecule has 1 aromatic rings. The van der Waals surface area contributed by atoms with Gasteiger partial charge in [0.25, 0.3) is 0 Å². The van der Waals surface area contributed by atoms with E-state index in [9.17, 15) is 13.2 Å². The van der Waals surface area contributed by atoms with Gasteiger partial charge in [-0.1, -0.05) is 19.3 Å². The van der Waals surface area contributed by atoms with Crippen LogP contribution >= 0.6 is 0 Å². The normalized spacial score (nSPS) is 15.5. The molecule has 0 aliphatic heterocycles. The maximum Gasteiger partial charge on any atom is 0.339 e. The van der Waals surface area contributed by atoms with Crippen molar-refractivity contribution in [1.29, 1.82) is 0 Å². The third-order valence-electron chi connectivity index (χ3n) is 3.77. The molecule has 2 rings (SSSR count). The molecule has 0 spiro atoms. The fourth-order valence-electron chi connectivity index (χ4n) is 2.30. The number of carbonyl (C=O) groups is 1. The Morgan fingerprint density at radius 3 is 2.71 bits per heavy atom. The lowest BCUT2D eigenvalue weighted by molar-refractivity contribution is 0.0596. The van der Waals surface area contributed by atoms with E-state index < -0.39 is 16.0 Å². The number of nitrogens with one attached hydrogen (secondary N) is 1. The van der Waals surface area contributed by atoms with Crippen molar-refractivity contribution in [1.82, 2.24) is 4.72 Å². The number of nitrogens with two attached hydrogens (primary N) is 1. The van der Waals surface area contributed by atoms with E-state index in [4.69, 9.17) is 5.73 Å². The third kappa shape index (κ3) is 3.74. The van der Waals surface area contributed by atoms with Crippen LogP contribution < -0.4 is 10.5 Å². The number of sulfonamides is 1. The van der Waals surface area contributed by atoms with Gasteiger partial charge in [-0.3, -0.25) is 0 Å². The number of anilines is 1. The zero-order valence-electron chi connectivity index (χ0n) is 12.0. The van der Waals surface area contributed by atoms with E-state index in [1.807, 2.05) is 0 Å². The molecule has 0 unspecified atom stereocenters. The first kappa shape index (κ1) is 15.8. The third-order valence-corrected chi connectivity index (χ3v) is 5.27. The van der Waals surface area contributed by atoms with Crippen molar-refractivity contribution < 1.29 is 17.9 Å². The molecule has 1 saturated carbocycles. The van der Waals surface area contributed by atoms with Gasteiger partial charge >= 0.3 is 5.97 Å². The standard InChI is InChI=1S/C14H20N2O4S/c1-20-14(17)12-6-5-11(15)9-13(12)21(18,19)16-8-7-10-3-2-4-10/h5-6,9-10,16H,2-4,7-8,15H2,1H3. The number of esters is 1. The van der Waals surface area contributed by atoms with Crippen LogP contribution in [0.15, 0.2) is 23.1 Å². The number of carbonyl (C=O) groups excluding carboxylic acids is 1. The molecule has 0 amide bonds. The van der Waals surface area contributed by atoms with Crippen LogP contribution in [0.3, 0.4) is 0 Å². The second-order valence-electron chi connectivity index (χ2n) is 5.23. The molecule has 1 fully saturated rings. The second-order valence-corrected chi connectivity index (χ2v) is 6.97. The molecule has 7 heteroatoms. The summed E-state index contributed by atoms with van der Waals surface area (Å²) in [4.78, 5) is 11.5. The van der Waals surface area contributed by atoms with Crippen molar-refractivity contribution in [3.05, 3.63) is 23.8 Å². The highest BCUT2D eigenvalue weighted by atomic mass is 32.2. The minimum Gasteiger partial charge on any atom is -0.465 e. The quantitative estimate of drug-likeness (QED) is 0.613. The highest BCUT2D eigenvalue weighted by Gasteiger charge is 2.24. The van der Waals surface area contributed by atoms with Crippen LogP contribution in [0.1, 0.15) is 36.0 Å². The molecule has 6 nitrogen and oxygen atoms in total. The van der Waals surface area contributed by atoms with Gasteiger partial charge in [-0.2, -0.15) is 0 Å². The van der Waals surface area contributed by atoms with E-state index in [1.165, 1.54) is 31.7 Å². The van der Waals surface area contributed by atoms with Crippen molar-refractivity contribution in [2.75, 3.05) is 19.4 Å². The fourth-order valence-corrected chi connectivity index (χ4v) is 3.57. The highest BCUT2D eigenvalue weighted by molar-refractivity contribution is 7.89. The van der Waals surface area contributed by atoms with E-state index in [0.29, 0.717) is 12.5 Å². The topological polar surface area (TPSA) is 98.5 Å². The number of hydrogen-bond donors (Lipinski definition) is 2. The van der Waals surface area contributed by atoms with Crippen molar-refractivity contribution in [2.24, 2.45) is 5.92 Å². The summed E-state index contributed by atoms with van der Waals surface area (Å²) in [6.07, 6.45) is 4.36. The van der Waals surface area contributed by atoms with Crippen LogP contribution in [0, 0.1) is 5.92 Å². The van der Waals surface area contributed by atoms with Crippen molar-refractivity contribution in [2.45, 2.75) is 30.6 Å². The molecule has 21 heavy (non-hydrogen) atoms. The van der Waals surface area contributed by atoms with E-state index in [2.05, 4.69) is 9.46 Å².